The molecule has 0 spiro atoms. The highest BCUT2D eigenvalue weighted by Gasteiger charge is 2.19. The van der Waals surface area contributed by atoms with Gasteiger partial charge in [-0.1, -0.05) is 44.2 Å². The fraction of sp³-hybridized carbons (Fsp3) is 0.200. The van der Waals surface area contributed by atoms with Crippen LogP contribution in [0.4, 0.5) is 5.69 Å². The number of sulfonamides is 1. The summed E-state index contributed by atoms with van der Waals surface area (Å²) in [6.45, 7) is 5.85. The lowest BCUT2D eigenvalue weighted by atomic mass is 10.1. The first-order chi connectivity index (χ1) is 12.9. The minimum Gasteiger partial charge on any atom is -0.322 e. The second-order valence-corrected chi connectivity index (χ2v) is 7.20. The van der Waals surface area contributed by atoms with Crippen molar-refractivity contribution in [3.63, 3.8) is 0 Å². The van der Waals surface area contributed by atoms with E-state index in [4.69, 9.17) is 5.14 Å². The van der Waals surface area contributed by atoms with Crippen LogP contribution in [-0.2, 0) is 14.8 Å². The zero-order valence-electron chi connectivity index (χ0n) is 15.5. The predicted molar refractivity (Wildman–Crippen MR) is 109 cm³/mol. The van der Waals surface area contributed by atoms with Crippen molar-refractivity contribution in [2.75, 3.05) is 5.32 Å². The third kappa shape index (κ3) is 4.90. The number of rotatable bonds is 4. The molecule has 0 aromatic heterocycles. The summed E-state index contributed by atoms with van der Waals surface area (Å²) < 4.78 is 23.4. The highest BCUT2D eigenvalue weighted by atomic mass is 32.2. The fourth-order valence-electron chi connectivity index (χ4n) is 2.63. The lowest BCUT2D eigenvalue weighted by Gasteiger charge is -2.11. The van der Waals surface area contributed by atoms with Gasteiger partial charge in [0.1, 0.15) is 0 Å². The molecule has 6 nitrogen and oxygen atoms in total. The van der Waals surface area contributed by atoms with Gasteiger partial charge < -0.3 is 5.32 Å². The molecule has 2 aromatic rings. The van der Waals surface area contributed by atoms with Crippen molar-refractivity contribution < 1.29 is 13.2 Å². The summed E-state index contributed by atoms with van der Waals surface area (Å²) in [4.78, 5) is 16.4. The molecule has 0 fully saturated rings. The van der Waals surface area contributed by atoms with Crippen LogP contribution < -0.4 is 10.5 Å². The molecule has 1 aliphatic rings. The van der Waals surface area contributed by atoms with Gasteiger partial charge in [0.2, 0.25) is 10.0 Å². The Morgan fingerprint density at radius 1 is 1.07 bits per heavy atom. The van der Waals surface area contributed by atoms with E-state index in [1.165, 1.54) is 6.07 Å². The highest BCUT2D eigenvalue weighted by Crippen LogP contribution is 2.27. The van der Waals surface area contributed by atoms with Crippen LogP contribution in [0.2, 0.25) is 0 Å². The molecule has 0 saturated carbocycles. The van der Waals surface area contributed by atoms with Crippen molar-refractivity contribution in [1.29, 1.82) is 0 Å². The Hall–Kier alpha value is -2.77. The van der Waals surface area contributed by atoms with Crippen LogP contribution in [0.25, 0.3) is 11.1 Å². The molecule has 0 bridgehead atoms. The lowest BCUT2D eigenvalue weighted by Crippen LogP contribution is -2.19. The standard InChI is InChI=1S/C18H17N3O3S.C2H6/c1-12-15(10-11-20-12)18(22)21-14-8-6-13(7-9-14)16-4-2-3-5-17(16)25(19,23)24;1-2/h2-12H,1H3,(H,21,22)(H2,19,23,24);1-2H3. The predicted octanol–water partition coefficient (Wildman–Crippen LogP) is 3.37. The molecule has 0 saturated heterocycles. The lowest BCUT2D eigenvalue weighted by molar-refractivity contribution is -0.113. The zero-order valence-corrected chi connectivity index (χ0v) is 16.3. The summed E-state index contributed by atoms with van der Waals surface area (Å²) in [5.41, 5.74) is 2.42. The Balaban J connectivity index is 0.00000126. The van der Waals surface area contributed by atoms with Crippen molar-refractivity contribution in [2.45, 2.75) is 31.7 Å². The van der Waals surface area contributed by atoms with E-state index in [0.717, 1.165) is 0 Å². The van der Waals surface area contributed by atoms with E-state index in [0.29, 0.717) is 22.4 Å². The zero-order chi connectivity index (χ0) is 20.0. The topological polar surface area (TPSA) is 102 Å². The van der Waals surface area contributed by atoms with E-state index in [2.05, 4.69) is 10.3 Å². The maximum Gasteiger partial charge on any atom is 0.253 e. The van der Waals surface area contributed by atoms with E-state index in [1.54, 1.807) is 54.8 Å². The molecule has 7 heteroatoms. The number of anilines is 1. The molecule has 1 atom stereocenters. The number of nitrogens with one attached hydrogen (secondary N) is 1. The average Bonchev–Trinajstić information content (AvgIpc) is 3.09. The van der Waals surface area contributed by atoms with Gasteiger partial charge in [0.15, 0.2) is 0 Å². The number of aliphatic imine (C=N–C) groups is 1. The first-order valence-electron chi connectivity index (χ1n) is 8.63. The summed E-state index contributed by atoms with van der Waals surface area (Å²) >= 11 is 0. The Labute approximate surface area is 159 Å². The highest BCUT2D eigenvalue weighted by molar-refractivity contribution is 7.89. The molecule has 1 heterocycles. The third-order valence-electron chi connectivity index (χ3n) is 3.92. The number of benzene rings is 2. The maximum absolute atomic E-state index is 12.2. The summed E-state index contributed by atoms with van der Waals surface area (Å²) in [6, 6.07) is 13.3. The van der Waals surface area contributed by atoms with Crippen molar-refractivity contribution in [1.82, 2.24) is 0 Å². The third-order valence-corrected chi connectivity index (χ3v) is 4.89. The molecule has 3 N–H and O–H groups in total. The van der Waals surface area contributed by atoms with Crippen molar-refractivity contribution in [3.05, 3.63) is 60.2 Å². The minimum absolute atomic E-state index is 0.0638. The Morgan fingerprint density at radius 3 is 2.26 bits per heavy atom. The first kappa shape index (κ1) is 20.5. The van der Waals surface area contributed by atoms with Crippen molar-refractivity contribution in [2.24, 2.45) is 10.1 Å². The van der Waals surface area contributed by atoms with Crippen LogP contribution in [0.5, 0.6) is 0 Å². The number of carbonyl (C=O) groups is 1. The number of carbonyl (C=O) groups excluding carboxylic acids is 1. The quantitative estimate of drug-likeness (QED) is 0.843. The number of primary sulfonamides is 1. The van der Waals surface area contributed by atoms with Gasteiger partial charge in [0.05, 0.1) is 10.9 Å². The van der Waals surface area contributed by atoms with Gasteiger partial charge >= 0.3 is 0 Å². The molecule has 1 unspecified atom stereocenters. The molecule has 3 rings (SSSR count). The molecular weight excluding hydrogens is 362 g/mol. The summed E-state index contributed by atoms with van der Waals surface area (Å²) in [5.74, 6) is -0.206. The smallest absolute Gasteiger partial charge is 0.253 e. The number of nitrogens with two attached hydrogens (primary N) is 1. The summed E-state index contributed by atoms with van der Waals surface area (Å²) in [7, 11) is -3.82. The Bertz CT molecular complexity index is 978. The first-order valence-corrected chi connectivity index (χ1v) is 10.2. The van der Waals surface area contributed by atoms with E-state index in [1.807, 2.05) is 20.8 Å². The van der Waals surface area contributed by atoms with Crippen LogP contribution >= 0.6 is 0 Å². The van der Waals surface area contributed by atoms with Crippen molar-refractivity contribution in [3.8, 4) is 11.1 Å². The molecule has 2 aromatic carbocycles. The van der Waals surface area contributed by atoms with Gasteiger partial charge in [-0.15, -0.1) is 0 Å². The largest absolute Gasteiger partial charge is 0.322 e. The number of nitrogens with zero attached hydrogens (tertiary/aromatic N) is 1. The van der Waals surface area contributed by atoms with Gasteiger partial charge in [-0.25, -0.2) is 13.6 Å². The molecular formula is C20H23N3O3S. The van der Waals surface area contributed by atoms with Crippen LogP contribution in [0.3, 0.4) is 0 Å². The monoisotopic (exact) mass is 385 g/mol. The average molecular weight is 385 g/mol. The molecule has 142 valence electrons. The van der Waals surface area contributed by atoms with Gasteiger partial charge in [-0.05, 0) is 36.8 Å². The van der Waals surface area contributed by atoms with E-state index in [9.17, 15) is 13.2 Å². The summed E-state index contributed by atoms with van der Waals surface area (Å²) in [5, 5.41) is 8.08. The molecule has 1 aliphatic heterocycles. The maximum atomic E-state index is 12.2. The van der Waals surface area contributed by atoms with Crippen LogP contribution in [0.15, 0.2) is 70.1 Å². The van der Waals surface area contributed by atoms with Crippen LogP contribution in [0, 0.1) is 0 Å². The Morgan fingerprint density at radius 2 is 1.70 bits per heavy atom. The normalized spacial score (nSPS) is 15.6. The van der Waals surface area contributed by atoms with E-state index < -0.39 is 10.0 Å². The summed E-state index contributed by atoms with van der Waals surface area (Å²) in [6.07, 6.45) is 3.31. The molecule has 0 radical (unpaired) electrons. The fourth-order valence-corrected chi connectivity index (χ4v) is 3.39. The SMILES string of the molecule is CC.CC1N=CC=C1C(=O)Nc1ccc(-c2ccccc2S(N)(=O)=O)cc1. The van der Waals surface area contributed by atoms with Gasteiger partial charge in [-0.2, -0.15) is 0 Å². The van der Waals surface area contributed by atoms with Gasteiger partial charge in [0.25, 0.3) is 5.91 Å². The van der Waals surface area contributed by atoms with Gasteiger partial charge in [0, 0.05) is 23.0 Å². The number of hydrogen-bond donors (Lipinski definition) is 2. The molecule has 1 amide bonds. The van der Waals surface area contributed by atoms with E-state index >= 15 is 0 Å². The van der Waals surface area contributed by atoms with Crippen LogP contribution in [-0.4, -0.2) is 26.6 Å². The number of hydrogen-bond acceptors (Lipinski definition) is 4. The molecule has 27 heavy (non-hydrogen) atoms. The minimum atomic E-state index is -3.82. The van der Waals surface area contributed by atoms with Crippen molar-refractivity contribution >= 4 is 27.8 Å². The second-order valence-electron chi connectivity index (χ2n) is 5.67. The second kappa shape index (κ2) is 8.75. The van der Waals surface area contributed by atoms with E-state index in [-0.39, 0.29) is 16.8 Å². The number of allylic oxidation sites excluding steroid dienone is 1. The van der Waals surface area contributed by atoms with Crippen LogP contribution in [0.1, 0.15) is 20.8 Å². The number of amides is 1. The van der Waals surface area contributed by atoms with Gasteiger partial charge in [-0.3, -0.25) is 9.79 Å². The molecule has 0 aliphatic carbocycles. The Kier molecular flexibility index (Phi) is 6.65.